The van der Waals surface area contributed by atoms with Crippen LogP contribution in [0, 0.1) is 0 Å². The second-order valence-electron chi connectivity index (χ2n) is 4.22. The fourth-order valence-corrected chi connectivity index (χ4v) is 1.87. The number of morpholine rings is 1. The number of hydrogen-bond acceptors (Lipinski definition) is 6. The molecule has 8 nitrogen and oxygen atoms in total. The van der Waals surface area contributed by atoms with Gasteiger partial charge in [0, 0.05) is 6.54 Å². The first kappa shape index (κ1) is 13.3. The molecule has 0 bridgehead atoms. The lowest BCUT2D eigenvalue weighted by atomic mass is 10.2. The quantitative estimate of drug-likeness (QED) is 0.824. The molecular formula is C11H14N2O6. The minimum Gasteiger partial charge on any atom is -0.479 e. The summed E-state index contributed by atoms with van der Waals surface area (Å²) in [5.41, 5.74) is 0. The van der Waals surface area contributed by atoms with E-state index >= 15 is 0 Å². The summed E-state index contributed by atoms with van der Waals surface area (Å²) < 4.78 is 14.9. The fraction of sp³-hybridized carbons (Fsp3) is 0.545. The summed E-state index contributed by atoms with van der Waals surface area (Å²) in [7, 11) is 1.41. The van der Waals surface area contributed by atoms with Gasteiger partial charge in [-0.3, -0.25) is 4.79 Å². The number of amides is 1. The Kier molecular flexibility index (Phi) is 3.70. The minimum atomic E-state index is -1.10. The number of carbonyl (C=O) groups excluding carboxylic acids is 1. The zero-order chi connectivity index (χ0) is 14.0. The lowest BCUT2D eigenvalue weighted by Gasteiger charge is -2.34. The molecule has 0 saturated carbocycles. The number of hydrogen-bond donors (Lipinski definition) is 1. The molecule has 8 heteroatoms. The molecule has 104 valence electrons. The highest BCUT2D eigenvalue weighted by atomic mass is 16.5. The van der Waals surface area contributed by atoms with Crippen molar-refractivity contribution in [1.82, 2.24) is 10.1 Å². The van der Waals surface area contributed by atoms with Gasteiger partial charge < -0.3 is 24.0 Å². The first-order valence-corrected chi connectivity index (χ1v) is 5.69. The van der Waals surface area contributed by atoms with E-state index in [9.17, 15) is 9.59 Å². The van der Waals surface area contributed by atoms with Crippen molar-refractivity contribution in [3.05, 3.63) is 11.8 Å². The molecule has 1 aliphatic heterocycles. The molecule has 1 N–H and O–H groups in total. The van der Waals surface area contributed by atoms with E-state index in [4.69, 9.17) is 19.1 Å². The second kappa shape index (κ2) is 5.27. The first-order chi connectivity index (χ1) is 9.01. The van der Waals surface area contributed by atoms with Crippen LogP contribution in [0.2, 0.25) is 0 Å². The Morgan fingerprint density at radius 3 is 2.84 bits per heavy atom. The van der Waals surface area contributed by atoms with E-state index in [1.54, 1.807) is 6.92 Å². The molecule has 0 spiro atoms. The average molecular weight is 270 g/mol. The van der Waals surface area contributed by atoms with E-state index < -0.39 is 18.0 Å². The molecule has 2 heterocycles. The molecule has 19 heavy (non-hydrogen) atoms. The van der Waals surface area contributed by atoms with Crippen LogP contribution in [0.25, 0.3) is 0 Å². The molecule has 0 aliphatic carbocycles. The highest BCUT2D eigenvalue weighted by Gasteiger charge is 2.34. The van der Waals surface area contributed by atoms with Crippen molar-refractivity contribution in [3.63, 3.8) is 0 Å². The molecule has 0 aromatic carbocycles. The predicted octanol–water partition coefficient (Wildman–Crippen LogP) is -0.00270. The summed E-state index contributed by atoms with van der Waals surface area (Å²) >= 11 is 0. The maximum atomic E-state index is 12.1. The molecule has 2 rings (SSSR count). The van der Waals surface area contributed by atoms with Gasteiger partial charge in [-0.25, -0.2) is 4.79 Å². The monoisotopic (exact) mass is 270 g/mol. The number of carboxylic acid groups (broad SMARTS) is 1. The van der Waals surface area contributed by atoms with Crippen LogP contribution in [-0.4, -0.2) is 59.4 Å². The SMILES string of the molecule is COc1cc(C(=O)N2CC(C(=O)O)O[C@H](C)C2)on1. The van der Waals surface area contributed by atoms with Gasteiger partial charge in [-0.05, 0) is 12.1 Å². The van der Waals surface area contributed by atoms with Crippen LogP contribution in [-0.2, 0) is 9.53 Å². The predicted molar refractivity (Wildman–Crippen MR) is 60.9 cm³/mol. The van der Waals surface area contributed by atoms with E-state index in [1.807, 2.05) is 0 Å². The highest BCUT2D eigenvalue weighted by molar-refractivity contribution is 5.92. The smallest absolute Gasteiger partial charge is 0.334 e. The maximum Gasteiger partial charge on any atom is 0.334 e. The van der Waals surface area contributed by atoms with Crippen LogP contribution in [0.5, 0.6) is 5.88 Å². The number of ether oxygens (including phenoxy) is 2. The number of aromatic nitrogens is 1. The molecule has 0 radical (unpaired) electrons. The summed E-state index contributed by atoms with van der Waals surface area (Å²) in [5.74, 6) is -1.33. The standard InChI is InChI=1S/C11H14N2O6/c1-6-4-13(5-8(18-6)11(15)16)10(14)7-3-9(17-2)12-19-7/h3,6,8H,4-5H2,1-2H3,(H,15,16)/t6-,8?/m1/s1. The molecular weight excluding hydrogens is 256 g/mol. The van der Waals surface area contributed by atoms with E-state index in [-0.39, 0.29) is 24.3 Å². The Bertz CT molecular complexity index is 485. The van der Waals surface area contributed by atoms with Gasteiger partial charge in [0.1, 0.15) is 0 Å². The van der Waals surface area contributed by atoms with E-state index in [0.717, 1.165) is 0 Å². The van der Waals surface area contributed by atoms with Crippen molar-refractivity contribution in [3.8, 4) is 5.88 Å². The highest BCUT2D eigenvalue weighted by Crippen LogP contribution is 2.17. The van der Waals surface area contributed by atoms with Crippen molar-refractivity contribution in [2.45, 2.75) is 19.1 Å². The molecule has 1 fully saturated rings. The lowest BCUT2D eigenvalue weighted by Crippen LogP contribution is -2.51. The zero-order valence-corrected chi connectivity index (χ0v) is 10.5. The van der Waals surface area contributed by atoms with Gasteiger partial charge in [-0.1, -0.05) is 0 Å². The molecule has 2 atom stereocenters. The van der Waals surface area contributed by atoms with Crippen LogP contribution >= 0.6 is 0 Å². The number of nitrogens with zero attached hydrogens (tertiary/aromatic N) is 2. The number of aliphatic carboxylic acids is 1. The molecule has 1 aromatic heterocycles. The van der Waals surface area contributed by atoms with Crippen LogP contribution in [0.4, 0.5) is 0 Å². The summed E-state index contributed by atoms with van der Waals surface area (Å²) in [6.45, 7) is 1.98. The van der Waals surface area contributed by atoms with Crippen molar-refractivity contribution in [2.24, 2.45) is 0 Å². The third kappa shape index (κ3) is 2.84. The summed E-state index contributed by atoms with van der Waals surface area (Å²) in [6, 6.07) is 1.36. The summed E-state index contributed by atoms with van der Waals surface area (Å²) in [6.07, 6.45) is -1.39. The van der Waals surface area contributed by atoms with Gasteiger partial charge >= 0.3 is 5.97 Å². The average Bonchev–Trinajstić information content (AvgIpc) is 2.85. The maximum absolute atomic E-state index is 12.1. The molecule has 1 saturated heterocycles. The lowest BCUT2D eigenvalue weighted by molar-refractivity contribution is -0.160. The van der Waals surface area contributed by atoms with Gasteiger partial charge in [0.25, 0.3) is 11.8 Å². The van der Waals surface area contributed by atoms with Gasteiger partial charge in [0.2, 0.25) is 5.76 Å². The van der Waals surface area contributed by atoms with E-state index in [0.29, 0.717) is 6.54 Å². The molecule has 1 aliphatic rings. The topological polar surface area (TPSA) is 102 Å². The van der Waals surface area contributed by atoms with Crippen molar-refractivity contribution in [1.29, 1.82) is 0 Å². The first-order valence-electron chi connectivity index (χ1n) is 5.69. The number of methoxy groups -OCH3 is 1. The third-order valence-electron chi connectivity index (χ3n) is 2.73. The van der Waals surface area contributed by atoms with Gasteiger partial charge in [0.05, 0.1) is 25.8 Å². The van der Waals surface area contributed by atoms with Gasteiger partial charge in [-0.2, -0.15) is 0 Å². The Balaban J connectivity index is 2.11. The molecule has 1 amide bonds. The minimum absolute atomic E-state index is 0.00934. The van der Waals surface area contributed by atoms with Gasteiger partial charge in [-0.15, -0.1) is 0 Å². The van der Waals surface area contributed by atoms with Crippen LogP contribution in [0.1, 0.15) is 17.5 Å². The summed E-state index contributed by atoms with van der Waals surface area (Å²) in [5, 5.41) is 12.5. The second-order valence-corrected chi connectivity index (χ2v) is 4.22. The Morgan fingerprint density at radius 2 is 2.26 bits per heavy atom. The largest absolute Gasteiger partial charge is 0.479 e. The Labute approximate surface area is 108 Å². The van der Waals surface area contributed by atoms with Crippen LogP contribution in [0.3, 0.4) is 0 Å². The van der Waals surface area contributed by atoms with Crippen LogP contribution < -0.4 is 4.74 Å². The fourth-order valence-electron chi connectivity index (χ4n) is 1.87. The number of rotatable bonds is 3. The van der Waals surface area contributed by atoms with Gasteiger partial charge in [0.15, 0.2) is 6.10 Å². The normalized spacial score (nSPS) is 23.2. The van der Waals surface area contributed by atoms with Crippen molar-refractivity contribution in [2.75, 3.05) is 20.2 Å². The molecule has 1 unspecified atom stereocenters. The van der Waals surface area contributed by atoms with Crippen LogP contribution in [0.15, 0.2) is 10.6 Å². The van der Waals surface area contributed by atoms with E-state index in [1.165, 1.54) is 18.1 Å². The summed E-state index contributed by atoms with van der Waals surface area (Å²) in [4.78, 5) is 24.4. The van der Waals surface area contributed by atoms with E-state index in [2.05, 4.69) is 5.16 Å². The number of carbonyl (C=O) groups is 2. The molecule has 1 aromatic rings. The zero-order valence-electron chi connectivity index (χ0n) is 10.5. The third-order valence-corrected chi connectivity index (χ3v) is 2.73. The number of carboxylic acids is 1. The van der Waals surface area contributed by atoms with Crippen molar-refractivity contribution < 1.29 is 28.7 Å². The Hall–Kier alpha value is -2.09. The van der Waals surface area contributed by atoms with Crippen molar-refractivity contribution >= 4 is 11.9 Å². The Morgan fingerprint density at radius 1 is 1.53 bits per heavy atom.